The third kappa shape index (κ3) is 5.30. The lowest BCUT2D eigenvalue weighted by Gasteiger charge is -2.31. The zero-order chi connectivity index (χ0) is 17.7. The number of rotatable bonds is 4. The molecule has 0 spiro atoms. The van der Waals surface area contributed by atoms with Crippen LogP contribution in [0.3, 0.4) is 0 Å². The second-order valence-electron chi connectivity index (χ2n) is 6.46. The number of nitrogens with two attached hydrogens (primary N) is 1. The quantitative estimate of drug-likeness (QED) is 0.388. The molecule has 3 rings (SSSR count). The smallest absolute Gasteiger partial charge is 0.243 e. The Hall–Kier alpha value is -0.910. The van der Waals surface area contributed by atoms with Crippen LogP contribution in [0.2, 0.25) is 0 Å². The monoisotopic (exact) mass is 494 g/mol. The molecule has 2 N–H and O–H groups in total. The van der Waals surface area contributed by atoms with E-state index in [4.69, 9.17) is 10.5 Å². The van der Waals surface area contributed by atoms with Gasteiger partial charge in [0.25, 0.3) is 0 Å². The van der Waals surface area contributed by atoms with Crippen molar-refractivity contribution < 1.29 is 13.2 Å². The number of sulfonamides is 1. The van der Waals surface area contributed by atoms with Gasteiger partial charge in [-0.2, -0.15) is 4.31 Å². The third-order valence-corrected chi connectivity index (χ3v) is 6.71. The van der Waals surface area contributed by atoms with Crippen LogP contribution in [0.25, 0.3) is 0 Å². The van der Waals surface area contributed by atoms with E-state index in [2.05, 4.69) is 4.99 Å². The van der Waals surface area contributed by atoms with Gasteiger partial charge in [0.15, 0.2) is 5.96 Å². The van der Waals surface area contributed by atoms with E-state index in [1.54, 1.807) is 28.6 Å². The highest BCUT2D eigenvalue weighted by Crippen LogP contribution is 2.23. The summed E-state index contributed by atoms with van der Waals surface area (Å²) in [4.78, 5) is 6.92. The van der Waals surface area contributed by atoms with Crippen LogP contribution in [0.4, 0.5) is 0 Å². The van der Waals surface area contributed by atoms with Gasteiger partial charge in [-0.25, -0.2) is 8.42 Å². The second kappa shape index (κ2) is 9.86. The molecule has 2 heterocycles. The van der Waals surface area contributed by atoms with Crippen molar-refractivity contribution in [3.05, 3.63) is 30.3 Å². The lowest BCUT2D eigenvalue weighted by molar-refractivity contribution is 0.0673. The Morgan fingerprint density at radius 3 is 2.35 bits per heavy atom. The molecule has 2 aliphatic heterocycles. The Morgan fingerprint density at radius 2 is 1.73 bits per heavy atom. The van der Waals surface area contributed by atoms with Gasteiger partial charge in [-0.15, -0.1) is 24.0 Å². The molecule has 0 bridgehead atoms. The fourth-order valence-electron chi connectivity index (χ4n) is 3.19. The van der Waals surface area contributed by atoms with E-state index in [0.29, 0.717) is 49.6 Å². The number of hydrogen-bond donors (Lipinski definition) is 1. The number of hydrogen-bond acceptors (Lipinski definition) is 4. The number of piperidine rings is 1. The number of aliphatic imine (C=N–C) groups is 1. The highest BCUT2D eigenvalue weighted by atomic mass is 127. The Balaban J connectivity index is 0.00000243. The van der Waals surface area contributed by atoms with Gasteiger partial charge >= 0.3 is 0 Å². The number of halogens is 1. The molecule has 2 fully saturated rings. The summed E-state index contributed by atoms with van der Waals surface area (Å²) in [6, 6.07) is 8.62. The van der Waals surface area contributed by atoms with Crippen LogP contribution in [0.5, 0.6) is 0 Å². The Kier molecular flexibility index (Phi) is 8.11. The molecule has 0 saturated carbocycles. The topological polar surface area (TPSA) is 88.2 Å². The van der Waals surface area contributed by atoms with Gasteiger partial charge in [0, 0.05) is 32.7 Å². The van der Waals surface area contributed by atoms with E-state index in [9.17, 15) is 8.42 Å². The maximum atomic E-state index is 12.6. The lowest BCUT2D eigenvalue weighted by Crippen LogP contribution is -2.45. The summed E-state index contributed by atoms with van der Waals surface area (Å²) in [7, 11) is -3.38. The standard InChI is InChI=1S/C17H26N4O3S.HI/c18-17(20-10-12-24-13-11-20)19-14-15-6-8-21(9-7-15)25(22,23)16-4-2-1-3-5-16;/h1-5,15H,6-14H2,(H2,18,19);1H. The molecule has 9 heteroatoms. The molecule has 2 saturated heterocycles. The van der Waals surface area contributed by atoms with E-state index in [-0.39, 0.29) is 24.0 Å². The van der Waals surface area contributed by atoms with Crippen molar-refractivity contribution in [1.82, 2.24) is 9.21 Å². The average molecular weight is 494 g/mol. The van der Waals surface area contributed by atoms with Crippen LogP contribution in [0.1, 0.15) is 12.8 Å². The minimum atomic E-state index is -3.38. The summed E-state index contributed by atoms with van der Waals surface area (Å²) in [6.07, 6.45) is 1.62. The molecular weight excluding hydrogens is 467 g/mol. The molecule has 0 atom stereocenters. The molecule has 0 unspecified atom stereocenters. The first-order valence-corrected chi connectivity index (χ1v) is 10.2. The first kappa shape index (κ1) is 21.4. The fraction of sp³-hybridized carbons (Fsp3) is 0.588. The molecule has 0 aliphatic carbocycles. The van der Waals surface area contributed by atoms with Crippen LogP contribution >= 0.6 is 24.0 Å². The highest BCUT2D eigenvalue weighted by Gasteiger charge is 2.29. The van der Waals surface area contributed by atoms with Crippen LogP contribution in [-0.2, 0) is 14.8 Å². The molecule has 7 nitrogen and oxygen atoms in total. The number of ether oxygens (including phenoxy) is 1. The van der Waals surface area contributed by atoms with E-state index < -0.39 is 10.0 Å². The third-order valence-electron chi connectivity index (χ3n) is 4.80. The van der Waals surface area contributed by atoms with Gasteiger partial charge in [-0.05, 0) is 30.9 Å². The van der Waals surface area contributed by atoms with Gasteiger partial charge in [-0.3, -0.25) is 4.99 Å². The van der Waals surface area contributed by atoms with Crippen molar-refractivity contribution in [2.75, 3.05) is 45.9 Å². The van der Waals surface area contributed by atoms with Crippen molar-refractivity contribution in [3.63, 3.8) is 0 Å². The van der Waals surface area contributed by atoms with Gasteiger partial charge in [0.05, 0.1) is 18.1 Å². The van der Waals surface area contributed by atoms with Crippen LogP contribution in [0, 0.1) is 5.92 Å². The van der Waals surface area contributed by atoms with E-state index >= 15 is 0 Å². The molecule has 2 aliphatic rings. The zero-order valence-corrected chi connectivity index (χ0v) is 17.9. The lowest BCUT2D eigenvalue weighted by atomic mass is 9.98. The van der Waals surface area contributed by atoms with Gasteiger partial charge in [-0.1, -0.05) is 18.2 Å². The number of nitrogens with zero attached hydrogens (tertiary/aromatic N) is 3. The molecule has 1 aromatic rings. The average Bonchev–Trinajstić information content (AvgIpc) is 2.68. The SMILES string of the molecule is I.NC(=NCC1CCN(S(=O)(=O)c2ccccc2)CC1)N1CCOCC1. The predicted molar refractivity (Wildman–Crippen MR) is 112 cm³/mol. The molecule has 0 amide bonds. The van der Waals surface area contributed by atoms with Crippen molar-refractivity contribution in [2.24, 2.45) is 16.6 Å². The first-order chi connectivity index (χ1) is 12.1. The van der Waals surface area contributed by atoms with Gasteiger partial charge in [0.2, 0.25) is 10.0 Å². The largest absolute Gasteiger partial charge is 0.378 e. The summed E-state index contributed by atoms with van der Waals surface area (Å²) in [5.41, 5.74) is 6.05. The summed E-state index contributed by atoms with van der Waals surface area (Å²) in [5, 5.41) is 0. The Labute approximate surface area is 172 Å². The fourth-order valence-corrected chi connectivity index (χ4v) is 4.68. The molecular formula is C17H27IN4O3S. The molecule has 1 aromatic carbocycles. The minimum absolute atomic E-state index is 0. The van der Waals surface area contributed by atoms with Gasteiger partial charge in [0.1, 0.15) is 0 Å². The van der Waals surface area contributed by atoms with Crippen LogP contribution in [-0.4, -0.2) is 69.5 Å². The van der Waals surface area contributed by atoms with Crippen molar-refractivity contribution >= 4 is 40.0 Å². The van der Waals surface area contributed by atoms with E-state index in [0.717, 1.165) is 25.9 Å². The normalized spacial score (nSPS) is 20.6. The summed E-state index contributed by atoms with van der Waals surface area (Å²) >= 11 is 0. The van der Waals surface area contributed by atoms with Crippen molar-refractivity contribution in [3.8, 4) is 0 Å². The summed E-state index contributed by atoms with van der Waals surface area (Å²) < 4.78 is 32.1. The highest BCUT2D eigenvalue weighted by molar-refractivity contribution is 14.0. The maximum absolute atomic E-state index is 12.6. The van der Waals surface area contributed by atoms with E-state index in [1.165, 1.54) is 0 Å². The molecule has 26 heavy (non-hydrogen) atoms. The predicted octanol–water partition coefficient (Wildman–Crippen LogP) is 1.35. The number of benzene rings is 1. The molecule has 0 aromatic heterocycles. The maximum Gasteiger partial charge on any atom is 0.243 e. The zero-order valence-electron chi connectivity index (χ0n) is 14.8. The number of guanidine groups is 1. The van der Waals surface area contributed by atoms with Crippen molar-refractivity contribution in [2.45, 2.75) is 17.7 Å². The van der Waals surface area contributed by atoms with Gasteiger partial charge < -0.3 is 15.4 Å². The van der Waals surface area contributed by atoms with Crippen molar-refractivity contribution in [1.29, 1.82) is 0 Å². The minimum Gasteiger partial charge on any atom is -0.378 e. The summed E-state index contributed by atoms with van der Waals surface area (Å²) in [5.74, 6) is 0.949. The molecule has 0 radical (unpaired) electrons. The van der Waals surface area contributed by atoms with Crippen LogP contribution in [0.15, 0.2) is 40.2 Å². The van der Waals surface area contributed by atoms with E-state index in [1.807, 2.05) is 11.0 Å². The second-order valence-corrected chi connectivity index (χ2v) is 8.40. The Bertz CT molecular complexity index is 685. The van der Waals surface area contributed by atoms with Crippen LogP contribution < -0.4 is 5.73 Å². The molecule has 146 valence electrons. The Morgan fingerprint density at radius 1 is 1.12 bits per heavy atom. The number of morpholine rings is 1. The summed E-state index contributed by atoms with van der Waals surface area (Å²) in [6.45, 7) is 4.66. The first-order valence-electron chi connectivity index (χ1n) is 8.75.